The van der Waals surface area contributed by atoms with E-state index >= 15 is 0 Å². The van der Waals surface area contributed by atoms with Crippen LogP contribution in [0.1, 0.15) is 41.5 Å². The van der Waals surface area contributed by atoms with E-state index in [-0.39, 0.29) is 11.9 Å². The molecule has 152 valence electrons. The average molecular weight is 412 g/mol. The zero-order chi connectivity index (χ0) is 20.5. The van der Waals surface area contributed by atoms with E-state index in [9.17, 15) is 4.79 Å². The summed E-state index contributed by atoms with van der Waals surface area (Å²) in [5.41, 5.74) is 3.46. The van der Waals surface area contributed by atoms with Gasteiger partial charge >= 0.3 is 0 Å². The Morgan fingerprint density at radius 1 is 1.17 bits per heavy atom. The van der Waals surface area contributed by atoms with Crippen LogP contribution in [0.25, 0.3) is 11.0 Å². The number of aromatic nitrogens is 3. The number of hydrogen-bond donors (Lipinski definition) is 0. The second kappa shape index (κ2) is 8.13. The van der Waals surface area contributed by atoms with Crippen LogP contribution in [-0.4, -0.2) is 56.7 Å². The Balaban J connectivity index is 1.45. The fraction of sp³-hybridized carbons (Fsp3) is 0.409. The van der Waals surface area contributed by atoms with Crippen molar-refractivity contribution in [2.24, 2.45) is 0 Å². The Kier molecular flexibility index (Phi) is 5.56. The Morgan fingerprint density at radius 2 is 1.93 bits per heavy atom. The van der Waals surface area contributed by atoms with Gasteiger partial charge in [0.25, 0.3) is 5.91 Å². The molecule has 0 radical (unpaired) electrons. The van der Waals surface area contributed by atoms with Crippen molar-refractivity contribution in [1.29, 1.82) is 0 Å². The number of benzene rings is 1. The third-order valence-corrected chi connectivity index (χ3v) is 5.67. The van der Waals surface area contributed by atoms with Crippen LogP contribution in [0.15, 0.2) is 36.5 Å². The molecule has 0 unspecified atom stereocenters. The van der Waals surface area contributed by atoms with Gasteiger partial charge in [-0.1, -0.05) is 23.7 Å². The molecule has 0 saturated carbocycles. The van der Waals surface area contributed by atoms with Gasteiger partial charge in [-0.3, -0.25) is 9.69 Å². The summed E-state index contributed by atoms with van der Waals surface area (Å²) in [6.45, 7) is 10.0. The van der Waals surface area contributed by atoms with Crippen LogP contribution >= 0.6 is 11.6 Å². The molecule has 3 aromatic rings. The van der Waals surface area contributed by atoms with E-state index in [1.807, 2.05) is 40.8 Å². The number of halogens is 1. The normalized spacial score (nSPS) is 15.4. The summed E-state index contributed by atoms with van der Waals surface area (Å²) in [4.78, 5) is 22.1. The third-order valence-electron chi connectivity index (χ3n) is 5.43. The van der Waals surface area contributed by atoms with Crippen molar-refractivity contribution in [3.63, 3.8) is 0 Å². The SMILES string of the molecule is Cc1nc2c(cnn2C(C)C)cc1C(=O)N1CCN(Cc2cccc(Cl)c2)CC1. The minimum atomic E-state index is 0.0524. The van der Waals surface area contributed by atoms with Crippen LogP contribution in [-0.2, 0) is 6.54 Å². The van der Waals surface area contributed by atoms with Crippen LogP contribution in [0.2, 0.25) is 5.02 Å². The molecule has 0 bridgehead atoms. The lowest BCUT2D eigenvalue weighted by molar-refractivity contribution is 0.0627. The van der Waals surface area contributed by atoms with Gasteiger partial charge in [-0.05, 0) is 44.5 Å². The summed E-state index contributed by atoms with van der Waals surface area (Å²) in [5, 5.41) is 6.09. The highest BCUT2D eigenvalue weighted by molar-refractivity contribution is 6.30. The minimum Gasteiger partial charge on any atom is -0.336 e. The number of aryl methyl sites for hydroxylation is 1. The molecular weight excluding hydrogens is 386 g/mol. The molecule has 0 atom stereocenters. The number of amides is 1. The Hall–Kier alpha value is -2.44. The molecule has 1 saturated heterocycles. The number of piperazine rings is 1. The summed E-state index contributed by atoms with van der Waals surface area (Å²) in [5.74, 6) is 0.0524. The summed E-state index contributed by atoms with van der Waals surface area (Å²) in [6, 6.07) is 10.1. The van der Waals surface area contributed by atoms with Crippen LogP contribution in [0.3, 0.4) is 0 Å². The fourth-order valence-electron chi connectivity index (χ4n) is 3.83. The van der Waals surface area contributed by atoms with Gasteiger partial charge in [0.1, 0.15) is 0 Å². The monoisotopic (exact) mass is 411 g/mol. The second-order valence-corrected chi connectivity index (χ2v) is 8.35. The van der Waals surface area contributed by atoms with Crippen molar-refractivity contribution >= 4 is 28.5 Å². The van der Waals surface area contributed by atoms with Crippen LogP contribution < -0.4 is 0 Å². The van der Waals surface area contributed by atoms with E-state index in [1.165, 1.54) is 5.56 Å². The maximum Gasteiger partial charge on any atom is 0.255 e. The molecule has 29 heavy (non-hydrogen) atoms. The van der Waals surface area contributed by atoms with E-state index < -0.39 is 0 Å². The molecule has 4 rings (SSSR count). The van der Waals surface area contributed by atoms with Gasteiger partial charge in [0, 0.05) is 49.2 Å². The molecule has 0 aliphatic carbocycles. The number of rotatable bonds is 4. The van der Waals surface area contributed by atoms with E-state index in [0.29, 0.717) is 18.7 Å². The number of pyridine rings is 1. The summed E-state index contributed by atoms with van der Waals surface area (Å²) in [7, 11) is 0. The fourth-order valence-corrected chi connectivity index (χ4v) is 4.05. The van der Waals surface area contributed by atoms with Crippen molar-refractivity contribution in [2.45, 2.75) is 33.4 Å². The number of hydrogen-bond acceptors (Lipinski definition) is 4. The first-order chi connectivity index (χ1) is 13.9. The predicted molar refractivity (Wildman–Crippen MR) is 115 cm³/mol. The smallest absolute Gasteiger partial charge is 0.255 e. The van der Waals surface area contributed by atoms with Crippen molar-refractivity contribution in [3.05, 3.63) is 58.4 Å². The summed E-state index contributed by atoms with van der Waals surface area (Å²) >= 11 is 6.09. The van der Waals surface area contributed by atoms with Crippen LogP contribution in [0.5, 0.6) is 0 Å². The van der Waals surface area contributed by atoms with Crippen molar-refractivity contribution < 1.29 is 4.79 Å². The van der Waals surface area contributed by atoms with Crippen LogP contribution in [0, 0.1) is 6.92 Å². The van der Waals surface area contributed by atoms with Gasteiger partial charge < -0.3 is 4.90 Å². The first-order valence-corrected chi connectivity index (χ1v) is 10.4. The quantitative estimate of drug-likeness (QED) is 0.652. The molecule has 6 nitrogen and oxygen atoms in total. The Morgan fingerprint density at radius 3 is 2.62 bits per heavy atom. The molecule has 0 N–H and O–H groups in total. The van der Waals surface area contributed by atoms with Gasteiger partial charge in [-0.25, -0.2) is 9.67 Å². The number of carbonyl (C=O) groups excluding carboxylic acids is 1. The number of nitrogens with zero attached hydrogens (tertiary/aromatic N) is 5. The maximum atomic E-state index is 13.1. The molecule has 1 aliphatic rings. The Bertz CT molecular complexity index is 1040. The van der Waals surface area contributed by atoms with Crippen molar-refractivity contribution in [2.75, 3.05) is 26.2 Å². The molecule has 7 heteroatoms. The zero-order valence-corrected chi connectivity index (χ0v) is 17.9. The zero-order valence-electron chi connectivity index (χ0n) is 17.1. The molecule has 1 amide bonds. The van der Waals surface area contributed by atoms with Gasteiger partial charge in [0.05, 0.1) is 17.5 Å². The molecule has 3 heterocycles. The first kappa shape index (κ1) is 19.9. The highest BCUT2D eigenvalue weighted by Gasteiger charge is 2.24. The lowest BCUT2D eigenvalue weighted by atomic mass is 10.1. The Labute approximate surface area is 176 Å². The molecular formula is C22H26ClN5O. The average Bonchev–Trinajstić information content (AvgIpc) is 3.10. The highest BCUT2D eigenvalue weighted by atomic mass is 35.5. The standard InChI is InChI=1S/C22H26ClN5O/c1-15(2)28-21-18(13-24-28)12-20(16(3)25-21)22(29)27-9-7-26(8-10-27)14-17-5-4-6-19(23)11-17/h4-6,11-13,15H,7-10,14H2,1-3H3. The van der Waals surface area contributed by atoms with Crippen molar-refractivity contribution in [3.8, 4) is 0 Å². The molecule has 1 aliphatic heterocycles. The molecule has 2 aromatic heterocycles. The van der Waals surface area contributed by atoms with Crippen molar-refractivity contribution in [1.82, 2.24) is 24.6 Å². The lowest BCUT2D eigenvalue weighted by Crippen LogP contribution is -2.48. The maximum absolute atomic E-state index is 13.1. The van der Waals surface area contributed by atoms with E-state index in [4.69, 9.17) is 11.6 Å². The van der Waals surface area contributed by atoms with Gasteiger partial charge in [-0.15, -0.1) is 0 Å². The molecule has 0 spiro atoms. The van der Waals surface area contributed by atoms with E-state index in [0.717, 1.165) is 41.4 Å². The largest absolute Gasteiger partial charge is 0.336 e. The first-order valence-electron chi connectivity index (χ1n) is 10.0. The summed E-state index contributed by atoms with van der Waals surface area (Å²) < 4.78 is 1.89. The van der Waals surface area contributed by atoms with Gasteiger partial charge in [0.15, 0.2) is 5.65 Å². The second-order valence-electron chi connectivity index (χ2n) is 7.92. The third kappa shape index (κ3) is 4.14. The van der Waals surface area contributed by atoms with E-state index in [2.05, 4.69) is 34.9 Å². The highest BCUT2D eigenvalue weighted by Crippen LogP contribution is 2.21. The number of carbonyl (C=O) groups is 1. The topological polar surface area (TPSA) is 54.3 Å². The van der Waals surface area contributed by atoms with Gasteiger partial charge in [-0.2, -0.15) is 5.10 Å². The molecule has 1 aromatic carbocycles. The van der Waals surface area contributed by atoms with Crippen LogP contribution in [0.4, 0.5) is 0 Å². The summed E-state index contributed by atoms with van der Waals surface area (Å²) in [6.07, 6.45) is 1.79. The predicted octanol–water partition coefficient (Wildman–Crippen LogP) is 3.93. The lowest BCUT2D eigenvalue weighted by Gasteiger charge is -2.35. The van der Waals surface area contributed by atoms with Gasteiger partial charge in [0.2, 0.25) is 0 Å². The minimum absolute atomic E-state index is 0.0524. The van der Waals surface area contributed by atoms with E-state index in [1.54, 1.807) is 6.20 Å². The number of fused-ring (bicyclic) bond motifs is 1. The molecule has 1 fully saturated rings.